The molecule has 2 rings (SSSR count). The van der Waals surface area contributed by atoms with Gasteiger partial charge in [-0.1, -0.05) is 5.92 Å². The lowest BCUT2D eigenvalue weighted by Crippen LogP contribution is -2.31. The van der Waals surface area contributed by atoms with Gasteiger partial charge in [0.05, 0.1) is 6.61 Å². The van der Waals surface area contributed by atoms with Gasteiger partial charge in [0.15, 0.2) is 5.79 Å². The van der Waals surface area contributed by atoms with Gasteiger partial charge in [-0.15, -0.1) is 6.42 Å². The molecule has 0 bridgehead atoms. The lowest BCUT2D eigenvalue weighted by molar-refractivity contribution is -0.184. The standard InChI is InChI=1S/C10H14O4/c1-4-6-8-9(7(5-11)12-6)14-10(2,3)13-8/h1,6-9,11H,5H2,2-3H3/t6-,7-,8+,9-/m1/s1. The third kappa shape index (κ3) is 1.43. The Balaban J connectivity index is 2.17. The van der Waals surface area contributed by atoms with Crippen molar-refractivity contribution < 1.29 is 19.3 Å². The van der Waals surface area contributed by atoms with Gasteiger partial charge in [-0.3, -0.25) is 0 Å². The molecule has 2 saturated heterocycles. The predicted molar refractivity (Wildman–Crippen MR) is 48.4 cm³/mol. The minimum atomic E-state index is -0.637. The second-order valence-corrected chi connectivity index (χ2v) is 4.01. The molecule has 0 radical (unpaired) electrons. The molecule has 0 saturated carbocycles. The number of hydrogen-bond acceptors (Lipinski definition) is 4. The molecule has 1 N–H and O–H groups in total. The van der Waals surface area contributed by atoms with E-state index in [9.17, 15) is 0 Å². The van der Waals surface area contributed by atoms with Crippen molar-refractivity contribution in [3.63, 3.8) is 0 Å². The number of fused-ring (bicyclic) bond motifs is 1. The molecular weight excluding hydrogens is 184 g/mol. The van der Waals surface area contributed by atoms with Crippen molar-refractivity contribution in [2.24, 2.45) is 0 Å². The van der Waals surface area contributed by atoms with E-state index in [4.69, 9.17) is 25.7 Å². The van der Waals surface area contributed by atoms with Crippen molar-refractivity contribution >= 4 is 0 Å². The van der Waals surface area contributed by atoms with E-state index in [1.165, 1.54) is 0 Å². The Labute approximate surface area is 83.1 Å². The van der Waals surface area contributed by atoms with E-state index >= 15 is 0 Å². The minimum Gasteiger partial charge on any atom is -0.394 e. The number of rotatable bonds is 1. The summed E-state index contributed by atoms with van der Waals surface area (Å²) >= 11 is 0. The second-order valence-electron chi connectivity index (χ2n) is 4.01. The highest BCUT2D eigenvalue weighted by Crippen LogP contribution is 2.38. The molecule has 78 valence electrons. The Bertz CT molecular complexity index is 268. The highest BCUT2D eigenvalue weighted by Gasteiger charge is 2.54. The zero-order valence-electron chi connectivity index (χ0n) is 8.27. The number of terminal acetylenes is 1. The van der Waals surface area contributed by atoms with Gasteiger partial charge in [0.1, 0.15) is 24.4 Å². The van der Waals surface area contributed by atoms with Gasteiger partial charge in [0.2, 0.25) is 0 Å². The predicted octanol–water partition coefficient (Wildman–Crippen LogP) is -0.101. The maximum atomic E-state index is 9.07. The number of hydrogen-bond donors (Lipinski definition) is 1. The van der Waals surface area contributed by atoms with Gasteiger partial charge >= 0.3 is 0 Å². The molecule has 0 spiro atoms. The Hall–Kier alpha value is -0.600. The first-order valence-electron chi connectivity index (χ1n) is 4.65. The molecule has 2 fully saturated rings. The fourth-order valence-electron chi connectivity index (χ4n) is 1.96. The van der Waals surface area contributed by atoms with Crippen molar-refractivity contribution in [1.29, 1.82) is 0 Å². The summed E-state index contributed by atoms with van der Waals surface area (Å²) in [4.78, 5) is 0. The van der Waals surface area contributed by atoms with Gasteiger partial charge in [-0.05, 0) is 13.8 Å². The maximum Gasteiger partial charge on any atom is 0.164 e. The number of aliphatic hydroxyl groups is 1. The highest BCUT2D eigenvalue weighted by molar-refractivity contribution is 5.10. The SMILES string of the molecule is C#C[C@H]1O[C@H](CO)[C@H]2OC(C)(C)O[C@H]21. The van der Waals surface area contributed by atoms with E-state index < -0.39 is 11.9 Å². The van der Waals surface area contributed by atoms with Gasteiger partial charge in [0.25, 0.3) is 0 Å². The van der Waals surface area contributed by atoms with E-state index in [2.05, 4.69) is 5.92 Å². The van der Waals surface area contributed by atoms with Crippen LogP contribution in [0.5, 0.6) is 0 Å². The van der Waals surface area contributed by atoms with E-state index in [1.54, 1.807) is 0 Å². The molecule has 0 aliphatic carbocycles. The summed E-state index contributed by atoms with van der Waals surface area (Å²) in [5.74, 6) is 1.86. The molecule has 0 aromatic heterocycles. The summed E-state index contributed by atoms with van der Waals surface area (Å²) in [5, 5.41) is 9.07. The Kier molecular flexibility index (Phi) is 2.28. The van der Waals surface area contributed by atoms with Gasteiger partial charge in [-0.25, -0.2) is 0 Å². The van der Waals surface area contributed by atoms with Crippen molar-refractivity contribution in [1.82, 2.24) is 0 Å². The second kappa shape index (κ2) is 3.21. The molecular formula is C10H14O4. The average Bonchev–Trinajstić information content (AvgIpc) is 2.57. The third-order valence-corrected chi connectivity index (χ3v) is 2.49. The van der Waals surface area contributed by atoms with Crippen molar-refractivity contribution in [3.8, 4) is 12.3 Å². The zero-order valence-corrected chi connectivity index (χ0v) is 8.27. The van der Waals surface area contributed by atoms with Crippen molar-refractivity contribution in [2.45, 2.75) is 44.1 Å². The molecule has 14 heavy (non-hydrogen) atoms. The first-order valence-corrected chi connectivity index (χ1v) is 4.65. The van der Waals surface area contributed by atoms with Crippen molar-refractivity contribution in [3.05, 3.63) is 0 Å². The topological polar surface area (TPSA) is 47.9 Å². The first kappa shape index (κ1) is 9.94. The fraction of sp³-hybridized carbons (Fsp3) is 0.800. The highest BCUT2D eigenvalue weighted by atomic mass is 16.8. The van der Waals surface area contributed by atoms with Crippen LogP contribution in [0.3, 0.4) is 0 Å². The normalized spacial score (nSPS) is 44.7. The molecule has 2 aliphatic rings. The quantitative estimate of drug-likeness (QED) is 0.598. The van der Waals surface area contributed by atoms with Crippen LogP contribution >= 0.6 is 0 Å². The molecule has 2 aliphatic heterocycles. The van der Waals surface area contributed by atoms with Gasteiger partial charge < -0.3 is 19.3 Å². The van der Waals surface area contributed by atoms with Crippen LogP contribution in [-0.2, 0) is 14.2 Å². The van der Waals surface area contributed by atoms with Gasteiger partial charge in [-0.2, -0.15) is 0 Å². The summed E-state index contributed by atoms with van der Waals surface area (Å²) < 4.78 is 16.6. The summed E-state index contributed by atoms with van der Waals surface area (Å²) in [5.41, 5.74) is 0. The summed E-state index contributed by atoms with van der Waals surface area (Å²) in [6.07, 6.45) is 4.00. The Morgan fingerprint density at radius 3 is 2.57 bits per heavy atom. The van der Waals surface area contributed by atoms with Crippen LogP contribution in [0, 0.1) is 12.3 Å². The first-order chi connectivity index (χ1) is 6.57. The summed E-state index contributed by atoms with van der Waals surface area (Å²) in [6.45, 7) is 3.56. The van der Waals surface area contributed by atoms with Gasteiger partial charge in [0, 0.05) is 0 Å². The molecule has 0 aromatic carbocycles. The van der Waals surface area contributed by atoms with E-state index in [0.29, 0.717) is 0 Å². The number of aliphatic hydroxyl groups excluding tert-OH is 1. The molecule has 4 heteroatoms. The molecule has 0 unspecified atom stereocenters. The van der Waals surface area contributed by atoms with Crippen molar-refractivity contribution in [2.75, 3.05) is 6.61 Å². The zero-order chi connectivity index (χ0) is 10.3. The Morgan fingerprint density at radius 1 is 1.36 bits per heavy atom. The van der Waals surface area contributed by atoms with E-state index in [-0.39, 0.29) is 24.9 Å². The summed E-state index contributed by atoms with van der Waals surface area (Å²) in [6, 6.07) is 0. The molecule has 0 aromatic rings. The van der Waals surface area contributed by atoms with Crippen LogP contribution in [-0.4, -0.2) is 41.9 Å². The van der Waals surface area contributed by atoms with E-state index in [1.807, 2.05) is 13.8 Å². The van der Waals surface area contributed by atoms with Crippen LogP contribution in [0.25, 0.3) is 0 Å². The fourth-order valence-corrected chi connectivity index (χ4v) is 1.96. The lowest BCUT2D eigenvalue weighted by Gasteiger charge is -2.21. The molecule has 0 amide bonds. The van der Waals surface area contributed by atoms with Crippen LogP contribution in [0.2, 0.25) is 0 Å². The number of ether oxygens (including phenoxy) is 3. The van der Waals surface area contributed by atoms with Crippen LogP contribution in [0.4, 0.5) is 0 Å². The maximum absolute atomic E-state index is 9.07. The molecule has 4 atom stereocenters. The Morgan fingerprint density at radius 2 is 2.00 bits per heavy atom. The average molecular weight is 198 g/mol. The molecule has 4 nitrogen and oxygen atoms in total. The largest absolute Gasteiger partial charge is 0.394 e. The summed E-state index contributed by atoms with van der Waals surface area (Å²) in [7, 11) is 0. The molecule has 2 heterocycles. The monoisotopic (exact) mass is 198 g/mol. The van der Waals surface area contributed by atoms with Crippen LogP contribution in [0.1, 0.15) is 13.8 Å². The lowest BCUT2D eigenvalue weighted by atomic mass is 10.1. The van der Waals surface area contributed by atoms with Crippen LogP contribution in [0.15, 0.2) is 0 Å². The van der Waals surface area contributed by atoms with Crippen LogP contribution < -0.4 is 0 Å². The minimum absolute atomic E-state index is 0.0984. The smallest absolute Gasteiger partial charge is 0.164 e. The van der Waals surface area contributed by atoms with E-state index in [0.717, 1.165) is 0 Å². The third-order valence-electron chi connectivity index (χ3n) is 2.49.